The van der Waals surface area contributed by atoms with Crippen LogP contribution in [0.25, 0.3) is 0 Å². The summed E-state index contributed by atoms with van der Waals surface area (Å²) in [5.74, 6) is -2.44. The average molecular weight is 356 g/mol. The van der Waals surface area contributed by atoms with Gasteiger partial charge in [-0.3, -0.25) is 20.2 Å². The molecule has 0 atom stereocenters. The Bertz CT molecular complexity index is 566. The number of rotatable bonds is 12. The summed E-state index contributed by atoms with van der Waals surface area (Å²) in [6, 6.07) is 0.508. The number of phenolic OH excluding ortho intramolecular Hbond substituents is 2. The molecule has 0 aliphatic heterocycles. The number of ether oxygens (including phenoxy) is 1. The molecule has 0 saturated carbocycles. The zero-order valence-electron chi connectivity index (χ0n) is 14.3. The van der Waals surface area contributed by atoms with Crippen LogP contribution in [-0.4, -0.2) is 26.7 Å². The minimum absolute atomic E-state index is 0.0917. The predicted octanol–water partition coefficient (Wildman–Crippen LogP) is 4.43. The molecule has 0 fully saturated rings. The summed E-state index contributed by atoms with van der Waals surface area (Å²) in [6.07, 6.45) is 8.41. The van der Waals surface area contributed by atoms with Crippen molar-refractivity contribution in [1.29, 1.82) is 0 Å². The molecule has 1 aromatic carbocycles. The number of nitrogens with zero attached hydrogens (tertiary/aromatic N) is 2. The summed E-state index contributed by atoms with van der Waals surface area (Å²) in [4.78, 5) is 19.8. The van der Waals surface area contributed by atoms with E-state index in [1.165, 1.54) is 25.7 Å². The van der Waals surface area contributed by atoms with Crippen LogP contribution >= 0.6 is 0 Å². The Morgan fingerprint density at radius 2 is 1.32 bits per heavy atom. The maximum absolute atomic E-state index is 10.9. The number of nitro benzene ring substituents is 2. The Balaban J connectivity index is 2.60. The number of nitro groups is 2. The number of hydrogen-bond acceptors (Lipinski definition) is 7. The quantitative estimate of drug-likeness (QED) is 0.321. The van der Waals surface area contributed by atoms with E-state index in [1.54, 1.807) is 0 Å². The molecule has 2 N–H and O–H groups in total. The third-order valence-corrected chi connectivity index (χ3v) is 3.83. The van der Waals surface area contributed by atoms with Crippen LogP contribution in [0.1, 0.15) is 58.3 Å². The molecule has 9 heteroatoms. The van der Waals surface area contributed by atoms with E-state index >= 15 is 0 Å². The molecule has 0 radical (unpaired) electrons. The second-order valence-corrected chi connectivity index (χ2v) is 5.78. The van der Waals surface area contributed by atoms with Gasteiger partial charge in [0, 0.05) is 0 Å². The summed E-state index contributed by atoms with van der Waals surface area (Å²) in [5, 5.41) is 41.4. The second kappa shape index (κ2) is 10.3. The van der Waals surface area contributed by atoms with Crippen LogP contribution < -0.4 is 4.74 Å². The van der Waals surface area contributed by atoms with Gasteiger partial charge in [-0.15, -0.1) is 0 Å². The van der Waals surface area contributed by atoms with Crippen LogP contribution in [0.15, 0.2) is 6.07 Å². The lowest BCUT2D eigenvalue weighted by Gasteiger charge is -2.10. The van der Waals surface area contributed by atoms with Crippen LogP contribution in [0.3, 0.4) is 0 Å². The highest BCUT2D eigenvalue weighted by molar-refractivity contribution is 5.69. The first-order valence-corrected chi connectivity index (χ1v) is 8.40. The van der Waals surface area contributed by atoms with E-state index in [1.807, 2.05) is 0 Å². The molecule has 25 heavy (non-hydrogen) atoms. The molecule has 0 bridgehead atoms. The molecule has 0 unspecified atom stereocenters. The van der Waals surface area contributed by atoms with Crippen molar-refractivity contribution in [1.82, 2.24) is 0 Å². The molecule has 0 heterocycles. The molecule has 0 saturated heterocycles. The molecule has 0 aliphatic rings. The molecular formula is C16H24N2O7. The standard InChI is InChI=1S/C16H24N2O7/c1-2-3-4-5-6-7-8-9-10-25-16-14(19)12(17(21)22)11-13(15(16)20)18(23)24/h11,19-20H,2-10H2,1H3. The van der Waals surface area contributed by atoms with Gasteiger partial charge in [-0.1, -0.05) is 51.9 Å². The molecule has 140 valence electrons. The van der Waals surface area contributed by atoms with Crippen molar-refractivity contribution in [3.05, 3.63) is 26.3 Å². The van der Waals surface area contributed by atoms with E-state index in [4.69, 9.17) is 4.74 Å². The maximum atomic E-state index is 10.9. The molecule has 1 aromatic rings. The summed E-state index contributed by atoms with van der Waals surface area (Å²) >= 11 is 0. The molecule has 0 aliphatic carbocycles. The van der Waals surface area contributed by atoms with Crippen molar-refractivity contribution < 1.29 is 24.8 Å². The first-order valence-electron chi connectivity index (χ1n) is 8.40. The zero-order chi connectivity index (χ0) is 18.8. The lowest BCUT2D eigenvalue weighted by Crippen LogP contribution is -2.01. The van der Waals surface area contributed by atoms with Crippen molar-refractivity contribution in [2.75, 3.05) is 6.61 Å². The van der Waals surface area contributed by atoms with Gasteiger partial charge in [-0.2, -0.15) is 0 Å². The first kappa shape index (κ1) is 20.5. The molecule has 1 rings (SSSR count). The van der Waals surface area contributed by atoms with Crippen molar-refractivity contribution in [2.24, 2.45) is 0 Å². The van der Waals surface area contributed by atoms with E-state index in [-0.39, 0.29) is 6.61 Å². The van der Waals surface area contributed by atoms with Gasteiger partial charge in [-0.05, 0) is 6.42 Å². The van der Waals surface area contributed by atoms with Gasteiger partial charge in [0.15, 0.2) is 0 Å². The van der Waals surface area contributed by atoms with Crippen LogP contribution in [0.4, 0.5) is 11.4 Å². The van der Waals surface area contributed by atoms with E-state index in [2.05, 4.69) is 6.92 Å². The van der Waals surface area contributed by atoms with Gasteiger partial charge in [0.1, 0.15) is 6.07 Å². The van der Waals surface area contributed by atoms with Gasteiger partial charge in [0.25, 0.3) is 0 Å². The van der Waals surface area contributed by atoms with Crippen molar-refractivity contribution in [3.8, 4) is 17.2 Å². The highest BCUT2D eigenvalue weighted by atomic mass is 16.6. The SMILES string of the molecule is CCCCCCCCCCOc1c(O)c([N+](=O)[O-])cc([N+](=O)[O-])c1O. The Kier molecular flexibility index (Phi) is 8.45. The summed E-state index contributed by atoms with van der Waals surface area (Å²) in [6.45, 7) is 2.24. The lowest BCUT2D eigenvalue weighted by molar-refractivity contribution is -0.395. The minimum atomic E-state index is -0.967. The van der Waals surface area contributed by atoms with Crippen LogP contribution in [0.2, 0.25) is 0 Å². The normalized spacial score (nSPS) is 10.6. The fourth-order valence-corrected chi connectivity index (χ4v) is 2.44. The number of hydrogen-bond donors (Lipinski definition) is 2. The van der Waals surface area contributed by atoms with Crippen LogP contribution in [0, 0.1) is 20.2 Å². The smallest absolute Gasteiger partial charge is 0.321 e. The maximum Gasteiger partial charge on any atom is 0.321 e. The Hall–Kier alpha value is -2.58. The fraction of sp³-hybridized carbons (Fsp3) is 0.625. The average Bonchev–Trinajstić information content (AvgIpc) is 2.55. The highest BCUT2D eigenvalue weighted by Gasteiger charge is 2.31. The topological polar surface area (TPSA) is 136 Å². The van der Waals surface area contributed by atoms with E-state index in [9.17, 15) is 30.4 Å². The van der Waals surface area contributed by atoms with E-state index in [0.29, 0.717) is 12.5 Å². The molecule has 0 spiro atoms. The lowest BCUT2D eigenvalue weighted by atomic mass is 10.1. The molecule has 9 nitrogen and oxygen atoms in total. The highest BCUT2D eigenvalue weighted by Crippen LogP contribution is 2.48. The predicted molar refractivity (Wildman–Crippen MR) is 91.2 cm³/mol. The van der Waals surface area contributed by atoms with Gasteiger partial charge in [0.2, 0.25) is 17.2 Å². The van der Waals surface area contributed by atoms with Gasteiger partial charge in [-0.25, -0.2) is 0 Å². The number of unbranched alkanes of at least 4 members (excludes halogenated alkanes) is 7. The fourth-order valence-electron chi connectivity index (χ4n) is 2.44. The second-order valence-electron chi connectivity index (χ2n) is 5.78. The minimum Gasteiger partial charge on any atom is -0.499 e. The zero-order valence-corrected chi connectivity index (χ0v) is 14.3. The molecular weight excluding hydrogens is 332 g/mol. The van der Waals surface area contributed by atoms with Gasteiger partial charge >= 0.3 is 11.4 Å². The van der Waals surface area contributed by atoms with Crippen LogP contribution in [-0.2, 0) is 0 Å². The third kappa shape index (κ3) is 6.09. The van der Waals surface area contributed by atoms with Crippen molar-refractivity contribution in [2.45, 2.75) is 58.3 Å². The van der Waals surface area contributed by atoms with E-state index in [0.717, 1.165) is 19.3 Å². The number of benzene rings is 1. The van der Waals surface area contributed by atoms with Gasteiger partial charge in [0.05, 0.1) is 16.5 Å². The van der Waals surface area contributed by atoms with E-state index < -0.39 is 38.5 Å². The van der Waals surface area contributed by atoms with Crippen molar-refractivity contribution in [3.63, 3.8) is 0 Å². The summed E-state index contributed by atoms with van der Waals surface area (Å²) in [5.41, 5.74) is -1.76. The van der Waals surface area contributed by atoms with Gasteiger partial charge < -0.3 is 14.9 Å². The Morgan fingerprint density at radius 3 is 1.76 bits per heavy atom. The van der Waals surface area contributed by atoms with Crippen molar-refractivity contribution >= 4 is 11.4 Å². The Labute approximate surface area is 145 Å². The number of phenols is 2. The first-order chi connectivity index (χ1) is 11.9. The molecule has 0 amide bonds. The largest absolute Gasteiger partial charge is 0.499 e. The monoisotopic (exact) mass is 356 g/mol. The van der Waals surface area contributed by atoms with Crippen LogP contribution in [0.5, 0.6) is 17.2 Å². The summed E-state index contributed by atoms with van der Waals surface area (Å²) in [7, 11) is 0. The number of aromatic hydroxyl groups is 2. The molecule has 0 aromatic heterocycles. The third-order valence-electron chi connectivity index (χ3n) is 3.83. The Morgan fingerprint density at radius 1 is 0.880 bits per heavy atom. The summed E-state index contributed by atoms with van der Waals surface area (Å²) < 4.78 is 5.19.